The molecule has 0 saturated carbocycles. The minimum atomic E-state index is 0. The van der Waals surface area contributed by atoms with Crippen molar-refractivity contribution in [3.63, 3.8) is 0 Å². The molecule has 1 aromatic carbocycles. The highest BCUT2D eigenvalue weighted by molar-refractivity contribution is 6.07. The Morgan fingerprint density at radius 1 is 1.18 bits per heavy atom. The zero-order valence-electron chi connectivity index (χ0n) is 15.7. The highest BCUT2D eigenvalue weighted by Gasteiger charge is 2.35. The predicted octanol–water partition coefficient (Wildman–Crippen LogP) is 3.95. The van der Waals surface area contributed by atoms with Crippen molar-refractivity contribution in [1.82, 2.24) is 14.9 Å². The Hall–Kier alpha value is -2.21. The lowest BCUT2D eigenvalue weighted by Crippen LogP contribution is -2.34. The average molecular weight is 419 g/mol. The zero-order chi connectivity index (χ0) is 18.1. The van der Waals surface area contributed by atoms with Crippen molar-refractivity contribution in [2.24, 2.45) is 11.1 Å². The zero-order valence-corrected chi connectivity index (χ0v) is 17.3. The van der Waals surface area contributed by atoms with Crippen molar-refractivity contribution in [1.29, 1.82) is 0 Å². The van der Waals surface area contributed by atoms with E-state index in [4.69, 9.17) is 10.7 Å². The number of carbonyl (C=O) groups excluding carboxylic acids is 1. The van der Waals surface area contributed by atoms with Crippen LogP contribution in [0.4, 0.5) is 0 Å². The summed E-state index contributed by atoms with van der Waals surface area (Å²) < 4.78 is 0. The van der Waals surface area contributed by atoms with Crippen LogP contribution in [0.15, 0.2) is 54.9 Å². The summed E-state index contributed by atoms with van der Waals surface area (Å²) in [5.41, 5.74) is 9.17. The number of likely N-dealkylation sites (tertiary alicyclic amines) is 1. The number of hydrogen-bond donors (Lipinski definition) is 1. The van der Waals surface area contributed by atoms with E-state index in [1.54, 1.807) is 12.4 Å². The summed E-state index contributed by atoms with van der Waals surface area (Å²) in [5.74, 6) is 0.0519. The van der Waals surface area contributed by atoms with E-state index < -0.39 is 0 Å². The summed E-state index contributed by atoms with van der Waals surface area (Å²) in [6.07, 6.45) is 4.41. The van der Waals surface area contributed by atoms with E-state index in [-0.39, 0.29) is 36.1 Å². The van der Waals surface area contributed by atoms with Crippen LogP contribution in [0.5, 0.6) is 0 Å². The Morgan fingerprint density at radius 2 is 1.89 bits per heavy atom. The van der Waals surface area contributed by atoms with E-state index in [0.717, 1.165) is 35.1 Å². The summed E-state index contributed by atoms with van der Waals surface area (Å²) in [6.45, 7) is 4.18. The largest absolute Gasteiger partial charge is 0.338 e. The van der Waals surface area contributed by atoms with Gasteiger partial charge in [0.1, 0.15) is 0 Å². The number of nitrogens with two attached hydrogens (primary N) is 1. The second-order valence-corrected chi connectivity index (χ2v) is 7.30. The first-order valence-electron chi connectivity index (χ1n) is 8.89. The number of rotatable bonds is 3. The van der Waals surface area contributed by atoms with Gasteiger partial charge < -0.3 is 10.6 Å². The normalized spacial score (nSPS) is 18.4. The summed E-state index contributed by atoms with van der Waals surface area (Å²) in [7, 11) is 0. The van der Waals surface area contributed by atoms with Gasteiger partial charge in [0.15, 0.2) is 0 Å². The third-order valence-electron chi connectivity index (χ3n) is 5.26. The molecule has 1 aliphatic rings. The van der Waals surface area contributed by atoms with E-state index in [0.29, 0.717) is 18.7 Å². The smallest absolute Gasteiger partial charge is 0.254 e. The summed E-state index contributed by atoms with van der Waals surface area (Å²) >= 11 is 0. The first-order valence-corrected chi connectivity index (χ1v) is 8.89. The molecule has 1 amide bonds. The maximum Gasteiger partial charge on any atom is 0.254 e. The van der Waals surface area contributed by atoms with E-state index in [9.17, 15) is 4.79 Å². The number of pyridine rings is 2. The molecule has 1 fully saturated rings. The van der Waals surface area contributed by atoms with Gasteiger partial charge in [-0.2, -0.15) is 0 Å². The van der Waals surface area contributed by atoms with E-state index in [1.165, 1.54) is 0 Å². The molecule has 3 heterocycles. The Labute approximate surface area is 177 Å². The van der Waals surface area contributed by atoms with Crippen LogP contribution >= 0.6 is 24.8 Å². The fourth-order valence-corrected chi connectivity index (χ4v) is 3.56. The van der Waals surface area contributed by atoms with E-state index >= 15 is 0 Å². The number of amides is 1. The minimum Gasteiger partial charge on any atom is -0.338 e. The third-order valence-corrected chi connectivity index (χ3v) is 5.26. The molecule has 2 N–H and O–H groups in total. The molecule has 0 aliphatic carbocycles. The molecule has 7 heteroatoms. The van der Waals surface area contributed by atoms with Crippen LogP contribution in [0.1, 0.15) is 23.7 Å². The molecule has 0 bridgehead atoms. The third kappa shape index (κ3) is 4.12. The van der Waals surface area contributed by atoms with Gasteiger partial charge in [-0.3, -0.25) is 9.78 Å². The predicted molar refractivity (Wildman–Crippen MR) is 117 cm³/mol. The van der Waals surface area contributed by atoms with Crippen molar-refractivity contribution >= 4 is 41.6 Å². The van der Waals surface area contributed by atoms with Crippen LogP contribution < -0.4 is 5.73 Å². The minimum absolute atomic E-state index is 0. The van der Waals surface area contributed by atoms with Gasteiger partial charge in [-0.15, -0.1) is 24.8 Å². The molecule has 0 radical (unpaired) electrons. The van der Waals surface area contributed by atoms with Gasteiger partial charge in [0.05, 0.1) is 16.8 Å². The molecule has 2 aromatic heterocycles. The first kappa shape index (κ1) is 22.1. The number of aromatic nitrogens is 2. The maximum atomic E-state index is 13.3. The second-order valence-electron chi connectivity index (χ2n) is 7.30. The quantitative estimate of drug-likeness (QED) is 0.698. The molecule has 1 atom stereocenters. The molecule has 28 heavy (non-hydrogen) atoms. The first-order chi connectivity index (χ1) is 12.6. The molecule has 1 saturated heterocycles. The van der Waals surface area contributed by atoms with Crippen LogP contribution in [0.3, 0.4) is 0 Å². The lowest BCUT2D eigenvalue weighted by molar-refractivity contribution is 0.0779. The van der Waals surface area contributed by atoms with Crippen molar-refractivity contribution in [2.45, 2.75) is 13.3 Å². The fraction of sp³-hybridized carbons (Fsp3) is 0.286. The molecule has 0 spiro atoms. The molecular weight excluding hydrogens is 395 g/mol. The van der Waals surface area contributed by atoms with Crippen LogP contribution in [0.25, 0.3) is 22.2 Å². The van der Waals surface area contributed by atoms with Gasteiger partial charge >= 0.3 is 0 Å². The molecular formula is C21H24Cl2N4O. The Balaban J connectivity index is 0.00000140. The SMILES string of the molecule is CC1(CN)CCN(C(=O)c2cc(-c3ccncc3)nc3ccccc23)C1.Cl.Cl. The van der Waals surface area contributed by atoms with Gasteiger partial charge in [0.2, 0.25) is 0 Å². The number of halogens is 2. The Kier molecular flexibility index (Phi) is 6.99. The van der Waals surface area contributed by atoms with Gasteiger partial charge in [-0.25, -0.2) is 4.98 Å². The van der Waals surface area contributed by atoms with Crippen molar-refractivity contribution in [3.8, 4) is 11.3 Å². The standard InChI is InChI=1S/C21H22N4O.2ClH/c1-21(13-22)8-11-25(14-21)20(26)17-12-19(15-6-9-23-10-7-15)24-18-5-3-2-4-16(17)18;;/h2-7,9-10,12H,8,11,13-14,22H2,1H3;2*1H. The molecule has 1 unspecified atom stereocenters. The lowest BCUT2D eigenvalue weighted by Gasteiger charge is -2.23. The molecule has 5 nitrogen and oxygen atoms in total. The van der Waals surface area contributed by atoms with Crippen LogP contribution in [0.2, 0.25) is 0 Å². The molecule has 3 aromatic rings. The molecule has 4 rings (SSSR count). The van der Waals surface area contributed by atoms with Gasteiger partial charge in [-0.05, 0) is 42.6 Å². The summed E-state index contributed by atoms with van der Waals surface area (Å²) in [6, 6.07) is 13.5. The second kappa shape index (κ2) is 8.86. The van der Waals surface area contributed by atoms with Gasteiger partial charge in [-0.1, -0.05) is 25.1 Å². The molecule has 1 aliphatic heterocycles. The summed E-state index contributed by atoms with van der Waals surface area (Å²) in [4.78, 5) is 24.0. The lowest BCUT2D eigenvalue weighted by atomic mass is 9.90. The number of nitrogens with zero attached hydrogens (tertiary/aromatic N) is 3. The number of hydrogen-bond acceptors (Lipinski definition) is 4. The Bertz CT molecular complexity index is 967. The Morgan fingerprint density at radius 3 is 2.57 bits per heavy atom. The molecule has 148 valence electrons. The van der Waals surface area contributed by atoms with Gasteiger partial charge in [0.25, 0.3) is 5.91 Å². The van der Waals surface area contributed by atoms with Crippen LogP contribution in [-0.2, 0) is 0 Å². The number of fused-ring (bicyclic) bond motifs is 1. The average Bonchev–Trinajstić information content (AvgIpc) is 3.10. The van der Waals surface area contributed by atoms with Crippen molar-refractivity contribution in [2.75, 3.05) is 19.6 Å². The van der Waals surface area contributed by atoms with E-state index in [1.807, 2.05) is 47.4 Å². The number of benzene rings is 1. The van der Waals surface area contributed by atoms with Gasteiger partial charge in [0, 0.05) is 36.4 Å². The number of para-hydroxylation sites is 1. The highest BCUT2D eigenvalue weighted by Crippen LogP contribution is 2.31. The van der Waals surface area contributed by atoms with Crippen LogP contribution in [-0.4, -0.2) is 40.4 Å². The summed E-state index contributed by atoms with van der Waals surface area (Å²) in [5, 5.41) is 0.886. The van der Waals surface area contributed by atoms with E-state index in [2.05, 4.69) is 11.9 Å². The monoisotopic (exact) mass is 418 g/mol. The van der Waals surface area contributed by atoms with Crippen molar-refractivity contribution < 1.29 is 4.79 Å². The van der Waals surface area contributed by atoms with Crippen LogP contribution in [0, 0.1) is 5.41 Å². The highest BCUT2D eigenvalue weighted by atomic mass is 35.5. The topological polar surface area (TPSA) is 72.1 Å². The van der Waals surface area contributed by atoms with Crippen molar-refractivity contribution in [3.05, 3.63) is 60.4 Å². The maximum absolute atomic E-state index is 13.3. The fourth-order valence-electron chi connectivity index (χ4n) is 3.56. The number of carbonyl (C=O) groups is 1.